The standard InChI is InChI=1S/C12H9ClF/c14-12-8-6-11(7-9-12)13-10-4-2-1-3-5-10/h1-9H/q+1. The summed E-state index contributed by atoms with van der Waals surface area (Å²) in [6, 6.07) is 16.4. The van der Waals surface area contributed by atoms with Crippen molar-refractivity contribution in [2.45, 2.75) is 0 Å². The van der Waals surface area contributed by atoms with Gasteiger partial charge in [0.05, 0.1) is 0 Å². The lowest BCUT2D eigenvalue weighted by Crippen LogP contribution is -1.82. The van der Waals surface area contributed by atoms with Crippen molar-refractivity contribution in [3.8, 4) is 0 Å². The van der Waals surface area contributed by atoms with Gasteiger partial charge in [-0.15, -0.1) is 0 Å². The number of rotatable bonds is 2. The van der Waals surface area contributed by atoms with Gasteiger partial charge < -0.3 is 0 Å². The number of hydrogen-bond acceptors (Lipinski definition) is 0. The lowest BCUT2D eigenvalue weighted by molar-refractivity contribution is -0.535. The van der Waals surface area contributed by atoms with Gasteiger partial charge in [0.1, 0.15) is 5.82 Å². The molecule has 0 amide bonds. The lowest BCUT2D eigenvalue weighted by Gasteiger charge is -1.86. The summed E-state index contributed by atoms with van der Waals surface area (Å²) in [7, 11) is 2.14. The third kappa shape index (κ3) is 2.33. The highest BCUT2D eigenvalue weighted by molar-refractivity contribution is 5.15. The molecular weight excluding hydrogens is 199 g/mol. The van der Waals surface area contributed by atoms with Crippen LogP contribution in [0.25, 0.3) is 0 Å². The molecule has 0 atom stereocenters. The van der Waals surface area contributed by atoms with Crippen molar-refractivity contribution in [3.63, 3.8) is 0 Å². The van der Waals surface area contributed by atoms with Gasteiger partial charge in [-0.1, -0.05) is 18.2 Å². The van der Waals surface area contributed by atoms with Gasteiger partial charge in [0.25, 0.3) is 0 Å². The quantitative estimate of drug-likeness (QED) is 0.708. The normalized spacial score (nSPS) is 10.1. The van der Waals surface area contributed by atoms with Crippen molar-refractivity contribution >= 4 is 0 Å². The average molecular weight is 208 g/mol. The Hall–Kier alpha value is -1.34. The molecule has 2 aromatic rings. The number of benzene rings is 2. The van der Waals surface area contributed by atoms with Gasteiger partial charge in [-0.05, 0) is 12.1 Å². The molecule has 0 aliphatic rings. The first-order valence-electron chi connectivity index (χ1n) is 4.30. The van der Waals surface area contributed by atoms with E-state index in [4.69, 9.17) is 0 Å². The van der Waals surface area contributed by atoms with Crippen LogP contribution < -0.4 is 0 Å². The molecule has 2 heteroatoms. The van der Waals surface area contributed by atoms with Gasteiger partial charge in [-0.2, -0.15) is 0 Å². The third-order valence-corrected chi connectivity index (χ3v) is 2.70. The minimum absolute atomic E-state index is 0.201. The first-order valence-corrected chi connectivity index (χ1v) is 5.05. The Kier molecular flexibility index (Phi) is 2.80. The largest absolute Gasteiger partial charge is 0.235 e. The summed E-state index contributed by atoms with van der Waals surface area (Å²) in [5.74, 6) is -0.201. The van der Waals surface area contributed by atoms with Gasteiger partial charge in [0.2, 0.25) is 20.8 Å². The summed E-state index contributed by atoms with van der Waals surface area (Å²) in [5, 5.41) is 2.11. The van der Waals surface area contributed by atoms with Gasteiger partial charge in [0, 0.05) is 24.3 Å². The van der Waals surface area contributed by atoms with Crippen LogP contribution in [-0.2, 0) is 0 Å². The van der Waals surface area contributed by atoms with Crippen LogP contribution in [0.2, 0.25) is 10.0 Å². The summed E-state index contributed by atoms with van der Waals surface area (Å²) in [5.41, 5.74) is 0. The maximum atomic E-state index is 12.6. The van der Waals surface area contributed by atoms with E-state index in [9.17, 15) is 4.39 Å². The second kappa shape index (κ2) is 4.25. The minimum atomic E-state index is -0.201. The molecule has 0 heterocycles. The Morgan fingerprint density at radius 2 is 1.29 bits per heavy atom. The Morgan fingerprint density at radius 1 is 0.714 bits per heavy atom. The minimum Gasteiger partial charge on any atom is -0.207 e. The van der Waals surface area contributed by atoms with Gasteiger partial charge in [-0.25, -0.2) is 4.39 Å². The molecule has 14 heavy (non-hydrogen) atoms. The van der Waals surface area contributed by atoms with E-state index in [1.54, 1.807) is 12.1 Å². The number of hydrogen-bond donors (Lipinski definition) is 0. The molecule has 0 saturated carbocycles. The van der Waals surface area contributed by atoms with Crippen LogP contribution in [0.1, 0.15) is 0 Å². The first-order chi connectivity index (χ1) is 6.84. The zero-order chi connectivity index (χ0) is 9.80. The average Bonchev–Trinajstić information content (AvgIpc) is 2.23. The molecule has 0 spiro atoms. The Bertz CT molecular complexity index is 394. The fraction of sp³-hybridized carbons (Fsp3) is 0. The summed E-state index contributed by atoms with van der Waals surface area (Å²) < 4.78 is 12.6. The molecule has 2 rings (SSSR count). The van der Waals surface area contributed by atoms with Crippen molar-refractivity contribution < 1.29 is 15.2 Å². The predicted octanol–water partition coefficient (Wildman–Crippen LogP) is 3.44. The van der Waals surface area contributed by atoms with Crippen molar-refractivity contribution in [2.24, 2.45) is 0 Å². The third-order valence-electron chi connectivity index (χ3n) is 1.75. The second-order valence-corrected chi connectivity index (χ2v) is 3.89. The summed E-state index contributed by atoms with van der Waals surface area (Å²) in [4.78, 5) is 0. The predicted molar refractivity (Wildman–Crippen MR) is 51.2 cm³/mol. The van der Waals surface area contributed by atoms with Crippen molar-refractivity contribution in [3.05, 3.63) is 70.5 Å². The SMILES string of the molecule is Fc1ccc([Cl+]c2ccccc2)cc1. The molecule has 0 aromatic heterocycles. The molecular formula is C12H9ClF+. The molecule has 0 nitrogen and oxygen atoms in total. The molecule has 0 radical (unpaired) electrons. The lowest BCUT2D eigenvalue weighted by atomic mass is 10.3. The van der Waals surface area contributed by atoms with E-state index in [1.165, 1.54) is 12.1 Å². The monoisotopic (exact) mass is 207 g/mol. The van der Waals surface area contributed by atoms with Gasteiger partial charge >= 0.3 is 0 Å². The van der Waals surface area contributed by atoms with Crippen molar-refractivity contribution in [1.29, 1.82) is 0 Å². The van der Waals surface area contributed by atoms with E-state index >= 15 is 0 Å². The molecule has 0 unspecified atom stereocenters. The van der Waals surface area contributed by atoms with Crippen LogP contribution in [-0.4, -0.2) is 0 Å². The summed E-state index contributed by atoms with van der Waals surface area (Å²) >= 11 is 0. The second-order valence-electron chi connectivity index (χ2n) is 2.83. The summed E-state index contributed by atoms with van der Waals surface area (Å²) in [6.07, 6.45) is 0. The highest BCUT2D eigenvalue weighted by atomic mass is 35.5. The van der Waals surface area contributed by atoms with Crippen molar-refractivity contribution in [1.82, 2.24) is 0 Å². The zero-order valence-electron chi connectivity index (χ0n) is 7.45. The van der Waals surface area contributed by atoms with E-state index in [0.29, 0.717) is 0 Å². The van der Waals surface area contributed by atoms with Crippen LogP contribution in [0, 0.1) is 16.6 Å². The highest BCUT2D eigenvalue weighted by Gasteiger charge is 2.12. The molecule has 0 fully saturated rings. The molecule has 0 N–H and O–H groups in total. The zero-order valence-corrected chi connectivity index (χ0v) is 8.21. The van der Waals surface area contributed by atoms with Crippen LogP contribution in [0.5, 0.6) is 0 Å². The van der Waals surface area contributed by atoms with E-state index < -0.39 is 0 Å². The van der Waals surface area contributed by atoms with Crippen molar-refractivity contribution in [2.75, 3.05) is 0 Å². The Balaban J connectivity index is 2.16. The topological polar surface area (TPSA) is 0 Å². The van der Waals surface area contributed by atoms with E-state index in [1.807, 2.05) is 30.3 Å². The van der Waals surface area contributed by atoms with Crippen LogP contribution in [0.15, 0.2) is 54.6 Å². The van der Waals surface area contributed by atoms with Gasteiger partial charge in [-0.3, -0.25) is 0 Å². The smallest absolute Gasteiger partial charge is 0.207 e. The van der Waals surface area contributed by atoms with Gasteiger partial charge in [0.15, 0.2) is 0 Å². The molecule has 2 aromatic carbocycles. The fourth-order valence-corrected chi connectivity index (χ4v) is 1.87. The molecule has 0 bridgehead atoms. The van der Waals surface area contributed by atoms with E-state index in [0.717, 1.165) is 10.0 Å². The summed E-state index contributed by atoms with van der Waals surface area (Å²) in [6.45, 7) is 0. The maximum absolute atomic E-state index is 12.6. The van der Waals surface area contributed by atoms with E-state index in [-0.39, 0.29) is 5.82 Å². The molecule has 0 aliphatic heterocycles. The molecule has 0 aliphatic carbocycles. The maximum Gasteiger partial charge on any atom is 0.235 e. The van der Waals surface area contributed by atoms with Crippen LogP contribution in [0.3, 0.4) is 0 Å². The Morgan fingerprint density at radius 3 is 1.93 bits per heavy atom. The van der Waals surface area contributed by atoms with Crippen LogP contribution >= 0.6 is 0 Å². The Labute approximate surface area is 86.1 Å². The highest BCUT2D eigenvalue weighted by Crippen LogP contribution is 2.14. The van der Waals surface area contributed by atoms with Crippen LogP contribution in [0.4, 0.5) is 4.39 Å². The fourth-order valence-electron chi connectivity index (χ4n) is 1.10. The molecule has 70 valence electrons. The molecule has 0 saturated heterocycles. The number of halogens is 2. The first kappa shape index (κ1) is 9.22. The van der Waals surface area contributed by atoms with E-state index in [2.05, 4.69) is 10.8 Å².